The monoisotopic (exact) mass is 239 g/mol. The van der Waals surface area contributed by atoms with Gasteiger partial charge in [0.1, 0.15) is 6.33 Å². The molecule has 0 aliphatic rings. The Morgan fingerprint density at radius 1 is 1.29 bits per heavy atom. The number of nitrogens with one attached hydrogen (secondary N) is 2. The van der Waals surface area contributed by atoms with Crippen molar-refractivity contribution in [3.8, 4) is 0 Å². The van der Waals surface area contributed by atoms with Crippen LogP contribution in [0.25, 0.3) is 0 Å². The summed E-state index contributed by atoms with van der Waals surface area (Å²) < 4.78 is 1.79. The van der Waals surface area contributed by atoms with Gasteiger partial charge >= 0.3 is 6.03 Å². The Balaban J connectivity index is 2.49. The van der Waals surface area contributed by atoms with Gasteiger partial charge < -0.3 is 15.2 Å². The third-order valence-corrected chi connectivity index (χ3v) is 2.84. The third-order valence-electron chi connectivity index (χ3n) is 2.84. The van der Waals surface area contributed by atoms with Crippen molar-refractivity contribution < 1.29 is 4.79 Å². The molecule has 17 heavy (non-hydrogen) atoms. The zero-order valence-electron chi connectivity index (χ0n) is 11.1. The molecule has 2 unspecified atom stereocenters. The Labute approximate surface area is 102 Å². The summed E-state index contributed by atoms with van der Waals surface area (Å²) in [5, 5.41) is 13.5. The van der Waals surface area contributed by atoms with Gasteiger partial charge in [0.15, 0.2) is 5.82 Å². The lowest BCUT2D eigenvalue weighted by atomic mass is 10.1. The van der Waals surface area contributed by atoms with Gasteiger partial charge in [0.2, 0.25) is 0 Å². The van der Waals surface area contributed by atoms with Gasteiger partial charge in [-0.2, -0.15) is 0 Å². The summed E-state index contributed by atoms with van der Waals surface area (Å²) in [5.41, 5.74) is 0. The molecule has 0 aliphatic carbocycles. The molecule has 0 bridgehead atoms. The number of aromatic nitrogens is 3. The van der Waals surface area contributed by atoms with Crippen molar-refractivity contribution in [3.05, 3.63) is 12.2 Å². The lowest BCUT2D eigenvalue weighted by Gasteiger charge is -2.20. The molecule has 0 spiro atoms. The molecular weight excluding hydrogens is 218 g/mol. The predicted molar refractivity (Wildman–Crippen MR) is 65.4 cm³/mol. The number of nitrogens with zero attached hydrogens (tertiary/aromatic N) is 3. The van der Waals surface area contributed by atoms with Gasteiger partial charge in [-0.05, 0) is 19.8 Å². The molecule has 6 nitrogen and oxygen atoms in total. The summed E-state index contributed by atoms with van der Waals surface area (Å²) in [7, 11) is 1.85. The molecule has 0 fully saturated rings. The number of carbonyl (C=O) groups is 1. The SMILES string of the molecule is CC(NC(=O)NC(C)C(C)C)c1nncn1C. The molecule has 0 saturated carbocycles. The quantitative estimate of drug-likeness (QED) is 0.829. The van der Waals surface area contributed by atoms with Crippen molar-refractivity contribution in [1.82, 2.24) is 25.4 Å². The van der Waals surface area contributed by atoms with Crippen molar-refractivity contribution in [2.75, 3.05) is 0 Å². The number of urea groups is 1. The minimum atomic E-state index is -0.179. The van der Waals surface area contributed by atoms with Gasteiger partial charge in [0.25, 0.3) is 0 Å². The second kappa shape index (κ2) is 5.65. The fourth-order valence-corrected chi connectivity index (χ4v) is 1.36. The third kappa shape index (κ3) is 3.72. The first-order chi connectivity index (χ1) is 7.91. The summed E-state index contributed by atoms with van der Waals surface area (Å²) >= 11 is 0. The van der Waals surface area contributed by atoms with Crippen LogP contribution < -0.4 is 10.6 Å². The van der Waals surface area contributed by atoms with E-state index in [-0.39, 0.29) is 18.1 Å². The van der Waals surface area contributed by atoms with E-state index >= 15 is 0 Å². The first-order valence-electron chi connectivity index (χ1n) is 5.82. The molecule has 6 heteroatoms. The number of carbonyl (C=O) groups excluding carboxylic acids is 1. The fraction of sp³-hybridized carbons (Fsp3) is 0.727. The lowest BCUT2D eigenvalue weighted by Crippen LogP contribution is -2.44. The molecule has 0 radical (unpaired) electrons. The average molecular weight is 239 g/mol. The molecule has 2 N–H and O–H groups in total. The van der Waals surface area contributed by atoms with Crippen molar-refractivity contribution in [1.29, 1.82) is 0 Å². The van der Waals surface area contributed by atoms with Crippen LogP contribution in [0.4, 0.5) is 4.79 Å². The average Bonchev–Trinajstić information content (AvgIpc) is 2.63. The van der Waals surface area contributed by atoms with E-state index in [1.54, 1.807) is 10.9 Å². The summed E-state index contributed by atoms with van der Waals surface area (Å²) in [5.74, 6) is 1.14. The van der Waals surface area contributed by atoms with E-state index in [9.17, 15) is 4.79 Å². The number of aryl methyl sites for hydroxylation is 1. The predicted octanol–water partition coefficient (Wildman–Crippen LogP) is 1.22. The summed E-state index contributed by atoms with van der Waals surface area (Å²) in [6.45, 7) is 8.00. The molecule has 1 rings (SSSR count). The Morgan fingerprint density at radius 3 is 2.41 bits per heavy atom. The van der Waals surface area contributed by atoms with Crippen LogP contribution >= 0.6 is 0 Å². The number of hydrogen-bond donors (Lipinski definition) is 2. The second-order valence-corrected chi connectivity index (χ2v) is 4.67. The Kier molecular flexibility index (Phi) is 4.48. The topological polar surface area (TPSA) is 71.8 Å². The van der Waals surface area contributed by atoms with Crippen molar-refractivity contribution >= 4 is 6.03 Å². The molecule has 1 heterocycles. The van der Waals surface area contributed by atoms with Crippen LogP contribution in [0.15, 0.2) is 6.33 Å². The minimum Gasteiger partial charge on any atom is -0.335 e. The van der Waals surface area contributed by atoms with Crippen molar-refractivity contribution in [3.63, 3.8) is 0 Å². The van der Waals surface area contributed by atoms with Crippen LogP contribution in [-0.2, 0) is 7.05 Å². The zero-order valence-corrected chi connectivity index (χ0v) is 11.1. The van der Waals surface area contributed by atoms with Gasteiger partial charge in [-0.1, -0.05) is 13.8 Å². The molecule has 1 aromatic rings. The summed E-state index contributed by atoms with van der Waals surface area (Å²) in [6, 6.07) is -0.203. The van der Waals surface area contributed by atoms with Gasteiger partial charge in [-0.15, -0.1) is 10.2 Å². The van der Waals surface area contributed by atoms with Crippen LogP contribution in [0.5, 0.6) is 0 Å². The molecule has 2 amide bonds. The zero-order chi connectivity index (χ0) is 13.0. The standard InChI is InChI=1S/C11H21N5O/c1-7(2)8(3)13-11(17)14-9(4)10-15-12-6-16(10)5/h6-9H,1-5H3,(H2,13,14,17). The minimum absolute atomic E-state index is 0.140. The molecule has 0 aliphatic heterocycles. The van der Waals surface area contributed by atoms with Gasteiger partial charge in [0, 0.05) is 13.1 Å². The van der Waals surface area contributed by atoms with Gasteiger partial charge in [0.05, 0.1) is 6.04 Å². The van der Waals surface area contributed by atoms with E-state index in [0.29, 0.717) is 5.92 Å². The smallest absolute Gasteiger partial charge is 0.315 e. The lowest BCUT2D eigenvalue weighted by molar-refractivity contribution is 0.230. The van der Waals surface area contributed by atoms with Crippen LogP contribution in [0, 0.1) is 5.92 Å². The molecule has 0 saturated heterocycles. The van der Waals surface area contributed by atoms with E-state index < -0.39 is 0 Å². The Morgan fingerprint density at radius 2 is 1.94 bits per heavy atom. The highest BCUT2D eigenvalue weighted by molar-refractivity contribution is 5.74. The van der Waals surface area contributed by atoms with Crippen LogP contribution in [0.2, 0.25) is 0 Å². The first-order valence-corrected chi connectivity index (χ1v) is 5.82. The van der Waals surface area contributed by atoms with E-state index in [4.69, 9.17) is 0 Å². The molecular formula is C11H21N5O. The van der Waals surface area contributed by atoms with Crippen molar-refractivity contribution in [2.24, 2.45) is 13.0 Å². The number of rotatable bonds is 4. The van der Waals surface area contributed by atoms with E-state index in [1.807, 2.05) is 20.9 Å². The van der Waals surface area contributed by atoms with E-state index in [1.165, 1.54) is 0 Å². The normalized spacial score (nSPS) is 14.5. The largest absolute Gasteiger partial charge is 0.335 e. The maximum absolute atomic E-state index is 11.7. The highest BCUT2D eigenvalue weighted by Gasteiger charge is 2.16. The first kappa shape index (κ1) is 13.5. The number of amides is 2. The van der Waals surface area contributed by atoms with Crippen LogP contribution in [0.3, 0.4) is 0 Å². The van der Waals surface area contributed by atoms with Crippen LogP contribution in [-0.4, -0.2) is 26.8 Å². The fourth-order valence-electron chi connectivity index (χ4n) is 1.36. The number of hydrogen-bond acceptors (Lipinski definition) is 3. The van der Waals surface area contributed by atoms with Crippen molar-refractivity contribution in [2.45, 2.75) is 39.8 Å². The molecule has 0 aromatic carbocycles. The Bertz CT molecular complexity index is 374. The Hall–Kier alpha value is -1.59. The summed E-state index contributed by atoms with van der Waals surface area (Å²) in [4.78, 5) is 11.7. The van der Waals surface area contributed by atoms with Gasteiger partial charge in [-0.3, -0.25) is 0 Å². The molecule has 1 aromatic heterocycles. The highest BCUT2D eigenvalue weighted by atomic mass is 16.2. The maximum atomic E-state index is 11.7. The van der Waals surface area contributed by atoms with Gasteiger partial charge in [-0.25, -0.2) is 4.79 Å². The van der Waals surface area contributed by atoms with E-state index in [2.05, 4.69) is 34.7 Å². The molecule has 96 valence electrons. The highest BCUT2D eigenvalue weighted by Crippen LogP contribution is 2.07. The maximum Gasteiger partial charge on any atom is 0.315 e. The second-order valence-electron chi connectivity index (χ2n) is 4.67. The van der Waals surface area contributed by atoms with Crippen LogP contribution in [0.1, 0.15) is 39.6 Å². The summed E-state index contributed by atoms with van der Waals surface area (Å²) in [6.07, 6.45) is 1.61. The molecule has 2 atom stereocenters. The van der Waals surface area contributed by atoms with E-state index in [0.717, 1.165) is 5.82 Å².